The second kappa shape index (κ2) is 14.2. The summed E-state index contributed by atoms with van der Waals surface area (Å²) in [5.41, 5.74) is 0.581. The molecule has 258 valence electrons. The number of benzene rings is 2. The molecule has 12 heteroatoms. The average molecular weight is 661 g/mol. The molecule has 0 N–H and O–H groups in total. The summed E-state index contributed by atoms with van der Waals surface area (Å²) < 4.78 is 13.9. The molecule has 4 rings (SSSR count). The summed E-state index contributed by atoms with van der Waals surface area (Å²) in [4.78, 5) is 57.1. The van der Waals surface area contributed by atoms with Gasteiger partial charge < -0.3 is 19.3 Å². The number of ether oxygens (including phenoxy) is 2. The molecule has 2 aromatic heterocycles. The molecule has 4 aromatic rings. The van der Waals surface area contributed by atoms with Gasteiger partial charge in [0.15, 0.2) is 11.6 Å². The standard InChI is InChI=1S/C36H48N6O6/c1-11-39(29(43)21-41-27-19-23(47-9)13-15-25(27)31(37-41)33(45)35(3,4)5)17-18-40(12-2)30(44)22-42-28-20-24(48-10)14-16-26(28)32(38-42)34(46)36(6,7)8/h13-16,19-20H,11-12,17-18,21-22H2,1-10H3. The number of hydrogen-bond donors (Lipinski definition) is 0. The van der Waals surface area contributed by atoms with Gasteiger partial charge in [0.05, 0.1) is 25.3 Å². The number of likely N-dealkylation sites (N-methyl/N-ethyl adjacent to an activating group) is 2. The number of hydrogen-bond acceptors (Lipinski definition) is 8. The number of nitrogens with zero attached hydrogens (tertiary/aromatic N) is 6. The van der Waals surface area contributed by atoms with Crippen LogP contribution in [0.2, 0.25) is 0 Å². The Morgan fingerprint density at radius 1 is 0.646 bits per heavy atom. The highest BCUT2D eigenvalue weighted by atomic mass is 16.5. The zero-order chi connectivity index (χ0) is 35.6. The Hall–Kier alpha value is -4.74. The minimum absolute atomic E-state index is 0.0826. The Labute approximate surface area is 281 Å². The molecule has 0 aliphatic heterocycles. The lowest BCUT2D eigenvalue weighted by atomic mass is 9.88. The van der Waals surface area contributed by atoms with Crippen molar-refractivity contribution in [3.05, 3.63) is 47.8 Å². The smallest absolute Gasteiger partial charge is 0.244 e. The second-order valence-corrected chi connectivity index (χ2v) is 13.9. The van der Waals surface area contributed by atoms with Gasteiger partial charge in [-0.05, 0) is 38.1 Å². The van der Waals surface area contributed by atoms with E-state index in [1.54, 1.807) is 69.8 Å². The number of aromatic nitrogens is 4. The van der Waals surface area contributed by atoms with Crippen LogP contribution < -0.4 is 9.47 Å². The molecule has 2 aromatic carbocycles. The number of carbonyl (C=O) groups excluding carboxylic acids is 4. The predicted molar refractivity (Wildman–Crippen MR) is 185 cm³/mol. The first-order chi connectivity index (χ1) is 22.5. The molecule has 0 bridgehead atoms. The van der Waals surface area contributed by atoms with Gasteiger partial charge in [0.25, 0.3) is 0 Å². The van der Waals surface area contributed by atoms with Crippen LogP contribution in [0.5, 0.6) is 11.5 Å². The Balaban J connectivity index is 1.53. The summed E-state index contributed by atoms with van der Waals surface area (Å²) in [5, 5.41) is 10.5. The summed E-state index contributed by atoms with van der Waals surface area (Å²) in [5.74, 6) is 0.553. The fourth-order valence-electron chi connectivity index (χ4n) is 5.46. The maximum Gasteiger partial charge on any atom is 0.244 e. The Morgan fingerprint density at radius 3 is 1.29 bits per heavy atom. The van der Waals surface area contributed by atoms with E-state index in [1.807, 2.05) is 55.4 Å². The molecule has 48 heavy (non-hydrogen) atoms. The highest BCUT2D eigenvalue weighted by molar-refractivity contribution is 6.09. The van der Waals surface area contributed by atoms with E-state index in [1.165, 1.54) is 0 Å². The first-order valence-electron chi connectivity index (χ1n) is 16.3. The van der Waals surface area contributed by atoms with Crippen LogP contribution in [0, 0.1) is 10.8 Å². The van der Waals surface area contributed by atoms with Gasteiger partial charge in [-0.25, -0.2) is 0 Å². The summed E-state index contributed by atoms with van der Waals surface area (Å²) in [6, 6.07) is 10.7. The number of Topliss-reactive ketones (excluding diaryl/α,β-unsaturated/α-hetero) is 2. The van der Waals surface area contributed by atoms with E-state index in [9.17, 15) is 19.2 Å². The van der Waals surface area contributed by atoms with E-state index in [-0.39, 0.29) is 36.5 Å². The summed E-state index contributed by atoms with van der Waals surface area (Å²) in [6.07, 6.45) is 0. The average Bonchev–Trinajstić information content (AvgIpc) is 3.58. The van der Waals surface area contributed by atoms with Gasteiger partial charge in [0.1, 0.15) is 36.0 Å². The SMILES string of the molecule is CCN(CCN(CC)C(=O)Cn1nc(C(=O)C(C)(C)C)c2ccc(OC)cc21)C(=O)Cn1nc(C(=O)C(C)(C)C)c2ccc(OC)cc21. The lowest BCUT2D eigenvalue weighted by Crippen LogP contribution is -2.43. The quantitative estimate of drug-likeness (QED) is 0.178. The van der Waals surface area contributed by atoms with Crippen LogP contribution in [-0.2, 0) is 22.7 Å². The van der Waals surface area contributed by atoms with Crippen molar-refractivity contribution in [1.29, 1.82) is 0 Å². The number of carbonyl (C=O) groups is 4. The van der Waals surface area contributed by atoms with Crippen molar-refractivity contribution >= 4 is 45.2 Å². The molecule has 0 spiro atoms. The molecule has 0 radical (unpaired) electrons. The first kappa shape index (κ1) is 36.1. The molecule has 2 amide bonds. The maximum atomic E-state index is 13.6. The minimum atomic E-state index is -0.653. The molecule has 0 aliphatic carbocycles. The van der Waals surface area contributed by atoms with Gasteiger partial charge >= 0.3 is 0 Å². The molecule has 12 nitrogen and oxygen atoms in total. The minimum Gasteiger partial charge on any atom is -0.497 e. The molecular formula is C36H48N6O6. The van der Waals surface area contributed by atoms with Crippen molar-refractivity contribution in [1.82, 2.24) is 29.4 Å². The van der Waals surface area contributed by atoms with E-state index < -0.39 is 10.8 Å². The highest BCUT2D eigenvalue weighted by Gasteiger charge is 2.30. The van der Waals surface area contributed by atoms with Crippen molar-refractivity contribution in [3.8, 4) is 11.5 Å². The lowest BCUT2D eigenvalue weighted by Gasteiger charge is -2.26. The first-order valence-corrected chi connectivity index (χ1v) is 16.3. The Morgan fingerprint density at radius 2 is 1.00 bits per heavy atom. The summed E-state index contributed by atoms with van der Waals surface area (Å²) >= 11 is 0. The fraction of sp³-hybridized carbons (Fsp3) is 0.500. The third kappa shape index (κ3) is 7.53. The van der Waals surface area contributed by atoms with E-state index in [2.05, 4.69) is 10.2 Å². The van der Waals surface area contributed by atoms with Crippen LogP contribution in [0.25, 0.3) is 21.8 Å². The van der Waals surface area contributed by atoms with Crippen LogP contribution in [0.15, 0.2) is 36.4 Å². The molecular weight excluding hydrogens is 612 g/mol. The third-order valence-electron chi connectivity index (χ3n) is 8.39. The molecule has 0 fully saturated rings. The molecule has 0 aliphatic rings. The molecule has 0 unspecified atom stereocenters. The number of methoxy groups -OCH3 is 2. The van der Waals surface area contributed by atoms with Gasteiger partial charge in [-0.3, -0.25) is 28.5 Å². The lowest BCUT2D eigenvalue weighted by molar-refractivity contribution is -0.135. The number of fused-ring (bicyclic) bond motifs is 2. The van der Waals surface area contributed by atoms with Crippen molar-refractivity contribution < 1.29 is 28.7 Å². The normalized spacial score (nSPS) is 12.0. The van der Waals surface area contributed by atoms with Crippen molar-refractivity contribution in [2.75, 3.05) is 40.4 Å². The molecule has 0 atom stereocenters. The number of ketones is 2. The highest BCUT2D eigenvalue weighted by Crippen LogP contribution is 2.30. The van der Waals surface area contributed by atoms with Crippen molar-refractivity contribution in [3.63, 3.8) is 0 Å². The Kier molecular flexibility index (Phi) is 10.7. The van der Waals surface area contributed by atoms with Gasteiger partial charge in [-0.1, -0.05) is 41.5 Å². The van der Waals surface area contributed by atoms with E-state index in [0.717, 1.165) is 0 Å². The largest absolute Gasteiger partial charge is 0.497 e. The van der Waals surface area contributed by atoms with Crippen LogP contribution in [-0.4, -0.2) is 93.1 Å². The second-order valence-electron chi connectivity index (χ2n) is 13.9. The summed E-state index contributed by atoms with van der Waals surface area (Å²) in [6.45, 7) is 16.1. The van der Waals surface area contributed by atoms with E-state index >= 15 is 0 Å². The molecule has 0 saturated carbocycles. The van der Waals surface area contributed by atoms with Crippen molar-refractivity contribution in [2.45, 2.75) is 68.5 Å². The number of rotatable bonds is 13. The van der Waals surface area contributed by atoms with Gasteiger partial charge in [-0.2, -0.15) is 10.2 Å². The monoisotopic (exact) mass is 660 g/mol. The third-order valence-corrected chi connectivity index (χ3v) is 8.39. The topological polar surface area (TPSA) is 129 Å². The van der Waals surface area contributed by atoms with Crippen molar-refractivity contribution in [2.24, 2.45) is 10.8 Å². The van der Waals surface area contributed by atoms with Gasteiger partial charge in [-0.15, -0.1) is 0 Å². The zero-order valence-electron chi connectivity index (χ0n) is 29.8. The summed E-state index contributed by atoms with van der Waals surface area (Å²) in [7, 11) is 3.12. The number of amides is 2. The predicted octanol–water partition coefficient (Wildman–Crippen LogP) is 5.26. The zero-order valence-corrected chi connectivity index (χ0v) is 29.8. The molecule has 2 heterocycles. The van der Waals surface area contributed by atoms with Crippen LogP contribution in [0.1, 0.15) is 76.4 Å². The fourth-order valence-corrected chi connectivity index (χ4v) is 5.46. The Bertz CT molecular complexity index is 1710. The maximum absolute atomic E-state index is 13.6. The van der Waals surface area contributed by atoms with Crippen LogP contribution >= 0.6 is 0 Å². The van der Waals surface area contributed by atoms with Gasteiger partial charge in [0, 0.05) is 59.9 Å². The van der Waals surface area contributed by atoms with E-state index in [0.29, 0.717) is 70.9 Å². The van der Waals surface area contributed by atoms with E-state index in [4.69, 9.17) is 9.47 Å². The van der Waals surface area contributed by atoms with Gasteiger partial charge in [0.2, 0.25) is 11.8 Å². The van der Waals surface area contributed by atoms with Crippen LogP contribution in [0.3, 0.4) is 0 Å². The van der Waals surface area contributed by atoms with Crippen LogP contribution in [0.4, 0.5) is 0 Å². The molecule has 0 saturated heterocycles.